The van der Waals surface area contributed by atoms with E-state index in [2.05, 4.69) is 45.4 Å². The van der Waals surface area contributed by atoms with Crippen molar-refractivity contribution in [1.82, 2.24) is 15.3 Å². The van der Waals surface area contributed by atoms with E-state index in [4.69, 9.17) is 9.72 Å². The van der Waals surface area contributed by atoms with Crippen LogP contribution in [-0.4, -0.2) is 54.3 Å². The molecule has 2 aliphatic rings. The monoisotopic (exact) mass is 372 g/mol. The molecule has 0 bridgehead atoms. The zero-order valence-electron chi connectivity index (χ0n) is 15.2. The molecule has 2 aromatic heterocycles. The predicted octanol–water partition coefficient (Wildman–Crippen LogP) is 2.58. The second-order valence-corrected chi connectivity index (χ2v) is 7.94. The van der Waals surface area contributed by atoms with Crippen LogP contribution in [0.4, 0.5) is 10.9 Å². The second kappa shape index (κ2) is 7.20. The molecule has 8 heteroatoms. The number of morpholine rings is 1. The van der Waals surface area contributed by atoms with Gasteiger partial charge in [-0.1, -0.05) is 6.07 Å². The molecule has 0 radical (unpaired) electrons. The number of thiazole rings is 1. The topological polar surface area (TPSA) is 74.7 Å². The minimum absolute atomic E-state index is 0.151. The molecule has 7 nitrogen and oxygen atoms in total. The van der Waals surface area contributed by atoms with Gasteiger partial charge in [-0.25, -0.2) is 9.97 Å². The van der Waals surface area contributed by atoms with Crippen molar-refractivity contribution in [2.75, 3.05) is 43.0 Å². The lowest BCUT2D eigenvalue weighted by Gasteiger charge is -2.38. The molecular weight excluding hydrogens is 348 g/mol. The molecule has 0 atom stereocenters. The van der Waals surface area contributed by atoms with Crippen LogP contribution in [0.25, 0.3) is 11.4 Å². The van der Waals surface area contributed by atoms with E-state index in [0.717, 1.165) is 67.5 Å². The molecule has 0 unspecified atom stereocenters. The van der Waals surface area contributed by atoms with Gasteiger partial charge in [-0.3, -0.25) is 4.99 Å². The van der Waals surface area contributed by atoms with Gasteiger partial charge in [0.05, 0.1) is 17.9 Å². The van der Waals surface area contributed by atoms with Crippen LogP contribution in [0, 0.1) is 0 Å². The largest absolute Gasteiger partial charge is 0.372 e. The minimum atomic E-state index is -0.151. The summed E-state index contributed by atoms with van der Waals surface area (Å²) in [6.45, 7) is 8.44. The molecule has 2 N–H and O–H groups in total. The number of nitrogens with one attached hydrogen (secondary N) is 2. The van der Waals surface area contributed by atoms with Crippen LogP contribution in [0.2, 0.25) is 0 Å². The first-order valence-electron chi connectivity index (χ1n) is 8.96. The van der Waals surface area contributed by atoms with Crippen molar-refractivity contribution in [2.45, 2.75) is 25.9 Å². The lowest BCUT2D eigenvalue weighted by atomic mass is 10.1. The summed E-state index contributed by atoms with van der Waals surface area (Å²) >= 11 is 1.56. The Balaban J connectivity index is 1.51. The van der Waals surface area contributed by atoms with Gasteiger partial charge in [0, 0.05) is 31.6 Å². The number of hydrogen-bond acceptors (Lipinski definition) is 8. The quantitative estimate of drug-likeness (QED) is 0.863. The Kier molecular flexibility index (Phi) is 4.78. The third-order valence-electron chi connectivity index (χ3n) is 4.37. The molecule has 1 saturated heterocycles. The van der Waals surface area contributed by atoms with E-state index in [1.807, 2.05) is 17.5 Å². The number of ether oxygens (including phenoxy) is 1. The van der Waals surface area contributed by atoms with E-state index < -0.39 is 0 Å². The van der Waals surface area contributed by atoms with Gasteiger partial charge in [0.2, 0.25) is 0 Å². The highest BCUT2D eigenvalue weighted by Crippen LogP contribution is 2.27. The van der Waals surface area contributed by atoms with E-state index in [1.165, 1.54) is 0 Å². The summed E-state index contributed by atoms with van der Waals surface area (Å²) in [4.78, 5) is 16.2. The molecule has 4 heterocycles. The molecule has 26 heavy (non-hydrogen) atoms. The molecule has 0 spiro atoms. The van der Waals surface area contributed by atoms with Crippen LogP contribution >= 0.6 is 11.3 Å². The Morgan fingerprint density at radius 2 is 2.19 bits per heavy atom. The number of guanidine groups is 1. The number of pyridine rings is 1. The molecule has 0 aromatic carbocycles. The zero-order chi connectivity index (χ0) is 18.0. The van der Waals surface area contributed by atoms with E-state index in [9.17, 15) is 0 Å². The standard InChI is InChI=1S/C18H24N6OS/c1-18(2)12-24(9-10-25-18)15-6-3-5-13(21-15)14-11-26-17(22-14)23-16-19-7-4-8-20-16/h3,5-6,11H,4,7-10,12H2,1-2H3,(H2,19,20,22,23). The number of nitrogens with zero attached hydrogens (tertiary/aromatic N) is 4. The predicted molar refractivity (Wildman–Crippen MR) is 106 cm³/mol. The van der Waals surface area contributed by atoms with Gasteiger partial charge in [0.15, 0.2) is 11.1 Å². The summed E-state index contributed by atoms with van der Waals surface area (Å²) in [5.74, 6) is 1.77. The SMILES string of the molecule is CC1(C)CN(c2cccc(-c3csc(NC4=NCCCN4)n3)n2)CCO1. The zero-order valence-corrected chi connectivity index (χ0v) is 16.0. The van der Waals surface area contributed by atoms with Crippen LogP contribution < -0.4 is 15.5 Å². The molecule has 4 rings (SSSR count). The molecular formula is C18H24N6OS. The van der Waals surface area contributed by atoms with Crippen LogP contribution in [0.3, 0.4) is 0 Å². The number of anilines is 2. The van der Waals surface area contributed by atoms with Crippen molar-refractivity contribution < 1.29 is 4.74 Å². The normalized spacial score (nSPS) is 19.6. The fourth-order valence-corrected chi connectivity index (χ4v) is 3.82. The van der Waals surface area contributed by atoms with E-state index in [0.29, 0.717) is 0 Å². The first-order chi connectivity index (χ1) is 12.6. The highest BCUT2D eigenvalue weighted by atomic mass is 32.1. The van der Waals surface area contributed by atoms with Gasteiger partial charge >= 0.3 is 0 Å². The number of hydrogen-bond donors (Lipinski definition) is 2. The Hall–Kier alpha value is -2.19. The maximum atomic E-state index is 5.80. The highest BCUT2D eigenvalue weighted by molar-refractivity contribution is 7.14. The van der Waals surface area contributed by atoms with Crippen molar-refractivity contribution in [2.24, 2.45) is 4.99 Å². The molecule has 0 aliphatic carbocycles. The van der Waals surface area contributed by atoms with Crippen LogP contribution in [0.15, 0.2) is 28.6 Å². The Labute approximate surface area is 157 Å². The van der Waals surface area contributed by atoms with Gasteiger partial charge < -0.3 is 20.3 Å². The van der Waals surface area contributed by atoms with Crippen LogP contribution in [0.1, 0.15) is 20.3 Å². The van der Waals surface area contributed by atoms with Crippen LogP contribution in [-0.2, 0) is 4.74 Å². The summed E-state index contributed by atoms with van der Waals surface area (Å²) in [7, 11) is 0. The number of rotatable bonds is 3. The van der Waals surface area contributed by atoms with Crippen molar-refractivity contribution in [1.29, 1.82) is 0 Å². The summed E-state index contributed by atoms with van der Waals surface area (Å²) < 4.78 is 5.80. The minimum Gasteiger partial charge on any atom is -0.372 e. The molecule has 138 valence electrons. The second-order valence-electron chi connectivity index (χ2n) is 7.08. The average Bonchev–Trinajstić information content (AvgIpc) is 3.10. The summed E-state index contributed by atoms with van der Waals surface area (Å²) in [6, 6.07) is 6.10. The fraction of sp³-hybridized carbons (Fsp3) is 0.500. The first kappa shape index (κ1) is 17.2. The molecule has 1 fully saturated rings. The third-order valence-corrected chi connectivity index (χ3v) is 5.13. The number of aliphatic imine (C=N–C) groups is 1. The maximum Gasteiger partial charge on any atom is 0.197 e. The lowest BCUT2D eigenvalue weighted by Crippen LogP contribution is -2.48. The fourth-order valence-electron chi connectivity index (χ4n) is 3.12. The smallest absolute Gasteiger partial charge is 0.197 e. The number of aromatic nitrogens is 2. The average molecular weight is 372 g/mol. The first-order valence-corrected chi connectivity index (χ1v) is 9.84. The van der Waals surface area contributed by atoms with E-state index in [1.54, 1.807) is 11.3 Å². The Morgan fingerprint density at radius 3 is 3.00 bits per heavy atom. The highest BCUT2D eigenvalue weighted by Gasteiger charge is 2.28. The summed E-state index contributed by atoms with van der Waals surface area (Å²) in [6.07, 6.45) is 1.07. The Bertz CT molecular complexity index is 802. The summed E-state index contributed by atoms with van der Waals surface area (Å²) in [5.41, 5.74) is 1.61. The summed E-state index contributed by atoms with van der Waals surface area (Å²) in [5, 5.41) is 9.35. The van der Waals surface area contributed by atoms with Crippen molar-refractivity contribution >= 4 is 28.2 Å². The van der Waals surface area contributed by atoms with Crippen LogP contribution in [0.5, 0.6) is 0 Å². The van der Waals surface area contributed by atoms with E-state index >= 15 is 0 Å². The van der Waals surface area contributed by atoms with Crippen molar-refractivity contribution in [3.05, 3.63) is 23.6 Å². The van der Waals surface area contributed by atoms with Crippen molar-refractivity contribution in [3.63, 3.8) is 0 Å². The van der Waals surface area contributed by atoms with E-state index in [-0.39, 0.29) is 5.60 Å². The van der Waals surface area contributed by atoms with Gasteiger partial charge in [0.1, 0.15) is 11.5 Å². The van der Waals surface area contributed by atoms with Gasteiger partial charge in [-0.2, -0.15) is 0 Å². The van der Waals surface area contributed by atoms with Gasteiger partial charge in [-0.05, 0) is 32.4 Å². The maximum absolute atomic E-state index is 5.80. The van der Waals surface area contributed by atoms with Crippen molar-refractivity contribution in [3.8, 4) is 11.4 Å². The lowest BCUT2D eigenvalue weighted by molar-refractivity contribution is -0.0279. The van der Waals surface area contributed by atoms with Gasteiger partial charge in [0.25, 0.3) is 0 Å². The third kappa shape index (κ3) is 3.96. The molecule has 0 saturated carbocycles. The molecule has 0 amide bonds. The molecule has 2 aromatic rings. The Morgan fingerprint density at radius 1 is 1.27 bits per heavy atom. The van der Waals surface area contributed by atoms with Gasteiger partial charge in [-0.15, -0.1) is 11.3 Å². The molecule has 2 aliphatic heterocycles.